The van der Waals surface area contributed by atoms with E-state index >= 15 is 0 Å². The van der Waals surface area contributed by atoms with Crippen LogP contribution < -0.4 is 5.73 Å². The van der Waals surface area contributed by atoms with E-state index in [2.05, 4.69) is 65.8 Å². The summed E-state index contributed by atoms with van der Waals surface area (Å²) in [5, 5.41) is 4.62. The van der Waals surface area contributed by atoms with Gasteiger partial charge in [-0.1, -0.05) is 30.3 Å². The van der Waals surface area contributed by atoms with Gasteiger partial charge in [-0.15, -0.1) is 0 Å². The van der Waals surface area contributed by atoms with Gasteiger partial charge in [-0.2, -0.15) is 5.10 Å². The molecule has 0 bridgehead atoms. The fourth-order valence-corrected chi connectivity index (χ4v) is 2.88. The average molecular weight is 300 g/mol. The third-order valence-electron chi connectivity index (χ3n) is 4.22. The molecular formula is C18H28N4. The minimum Gasteiger partial charge on any atom is -0.329 e. The maximum absolute atomic E-state index is 5.80. The predicted molar refractivity (Wildman–Crippen MR) is 91.9 cm³/mol. The van der Waals surface area contributed by atoms with Gasteiger partial charge in [0.1, 0.15) is 0 Å². The van der Waals surface area contributed by atoms with Crippen LogP contribution in [0.15, 0.2) is 30.3 Å². The normalized spacial score (nSPS) is 11.3. The van der Waals surface area contributed by atoms with Crippen LogP contribution in [0, 0.1) is 13.8 Å². The zero-order valence-electron chi connectivity index (χ0n) is 14.0. The van der Waals surface area contributed by atoms with E-state index in [4.69, 9.17) is 5.73 Å². The number of benzene rings is 1. The summed E-state index contributed by atoms with van der Waals surface area (Å²) in [6, 6.07) is 10.6. The van der Waals surface area contributed by atoms with E-state index in [9.17, 15) is 0 Å². The lowest BCUT2D eigenvalue weighted by atomic mass is 10.1. The van der Waals surface area contributed by atoms with E-state index in [1.807, 2.05) is 0 Å². The summed E-state index contributed by atoms with van der Waals surface area (Å²) in [7, 11) is 0. The maximum atomic E-state index is 5.80. The number of nitrogens with zero attached hydrogens (tertiary/aromatic N) is 3. The van der Waals surface area contributed by atoms with Gasteiger partial charge in [-0.3, -0.25) is 9.58 Å². The molecule has 0 unspecified atom stereocenters. The van der Waals surface area contributed by atoms with Crippen LogP contribution in [0.5, 0.6) is 0 Å². The Balaban J connectivity index is 2.04. The second-order valence-corrected chi connectivity index (χ2v) is 5.77. The largest absolute Gasteiger partial charge is 0.329 e. The lowest BCUT2D eigenvalue weighted by Crippen LogP contribution is -2.31. The second-order valence-electron chi connectivity index (χ2n) is 5.77. The molecule has 0 aliphatic rings. The Kier molecular flexibility index (Phi) is 6.16. The van der Waals surface area contributed by atoms with E-state index in [1.165, 1.54) is 16.8 Å². The monoisotopic (exact) mass is 300 g/mol. The van der Waals surface area contributed by atoms with Crippen molar-refractivity contribution in [2.45, 2.75) is 40.3 Å². The van der Waals surface area contributed by atoms with E-state index < -0.39 is 0 Å². The molecule has 0 fully saturated rings. The highest BCUT2D eigenvalue weighted by Gasteiger charge is 2.14. The van der Waals surface area contributed by atoms with Crippen LogP contribution in [0.4, 0.5) is 0 Å². The molecule has 0 saturated carbocycles. The van der Waals surface area contributed by atoms with Crippen LogP contribution in [0.25, 0.3) is 0 Å². The van der Waals surface area contributed by atoms with Crippen molar-refractivity contribution in [3.05, 3.63) is 52.8 Å². The summed E-state index contributed by atoms with van der Waals surface area (Å²) < 4.78 is 2.09. The van der Waals surface area contributed by atoms with Crippen molar-refractivity contribution in [3.63, 3.8) is 0 Å². The van der Waals surface area contributed by atoms with Gasteiger partial charge in [-0.05, 0) is 32.8 Å². The first-order chi connectivity index (χ1) is 10.7. The molecule has 22 heavy (non-hydrogen) atoms. The van der Waals surface area contributed by atoms with Gasteiger partial charge in [0, 0.05) is 44.0 Å². The number of aryl methyl sites for hydroxylation is 2. The van der Waals surface area contributed by atoms with Gasteiger partial charge >= 0.3 is 0 Å². The Morgan fingerprint density at radius 2 is 1.86 bits per heavy atom. The van der Waals surface area contributed by atoms with Gasteiger partial charge < -0.3 is 5.73 Å². The van der Waals surface area contributed by atoms with Crippen molar-refractivity contribution < 1.29 is 0 Å². The highest BCUT2D eigenvalue weighted by atomic mass is 15.3. The molecule has 1 heterocycles. The smallest absolute Gasteiger partial charge is 0.0641 e. The topological polar surface area (TPSA) is 47.1 Å². The molecule has 0 spiro atoms. The summed E-state index contributed by atoms with van der Waals surface area (Å²) in [6.45, 7) is 10.9. The highest BCUT2D eigenvalue weighted by molar-refractivity contribution is 5.24. The van der Waals surface area contributed by atoms with Gasteiger partial charge in [0.2, 0.25) is 0 Å². The molecule has 2 N–H and O–H groups in total. The number of aromatic nitrogens is 2. The first kappa shape index (κ1) is 16.7. The molecule has 4 heteroatoms. The number of hydrogen-bond acceptors (Lipinski definition) is 3. The van der Waals surface area contributed by atoms with Crippen molar-refractivity contribution in [1.82, 2.24) is 14.7 Å². The molecule has 0 amide bonds. The SMILES string of the molecule is CCn1nc(C)c(CN(CCN)CCc2ccccc2)c1C. The van der Waals surface area contributed by atoms with Crippen LogP contribution in [0.1, 0.15) is 29.4 Å². The zero-order valence-corrected chi connectivity index (χ0v) is 14.0. The third-order valence-corrected chi connectivity index (χ3v) is 4.22. The molecule has 2 aromatic rings. The number of nitrogens with two attached hydrogens (primary N) is 1. The molecule has 4 nitrogen and oxygen atoms in total. The van der Waals surface area contributed by atoms with Gasteiger partial charge in [-0.25, -0.2) is 0 Å². The first-order valence-corrected chi connectivity index (χ1v) is 8.15. The molecule has 0 atom stereocenters. The Bertz CT molecular complexity index is 574. The molecule has 120 valence electrons. The van der Waals surface area contributed by atoms with Crippen LogP contribution in [0.3, 0.4) is 0 Å². The molecule has 0 aliphatic carbocycles. The van der Waals surface area contributed by atoms with E-state index in [1.54, 1.807) is 0 Å². The quantitative estimate of drug-likeness (QED) is 0.815. The summed E-state index contributed by atoms with van der Waals surface area (Å²) in [5.74, 6) is 0. The molecule has 1 aromatic carbocycles. The van der Waals surface area contributed by atoms with Crippen molar-refractivity contribution >= 4 is 0 Å². The molecule has 0 saturated heterocycles. The molecule has 2 rings (SSSR count). The summed E-state index contributed by atoms with van der Waals surface area (Å²) in [4.78, 5) is 2.43. The van der Waals surface area contributed by atoms with E-state index in [0.29, 0.717) is 6.54 Å². The van der Waals surface area contributed by atoms with Crippen LogP contribution in [-0.2, 0) is 19.5 Å². The molecule has 0 aliphatic heterocycles. The Morgan fingerprint density at radius 3 is 2.45 bits per heavy atom. The minimum absolute atomic E-state index is 0.689. The maximum Gasteiger partial charge on any atom is 0.0641 e. The van der Waals surface area contributed by atoms with Crippen molar-refractivity contribution in [1.29, 1.82) is 0 Å². The fraction of sp³-hybridized carbons (Fsp3) is 0.500. The van der Waals surface area contributed by atoms with Crippen LogP contribution >= 0.6 is 0 Å². The number of hydrogen-bond donors (Lipinski definition) is 1. The summed E-state index contributed by atoms with van der Waals surface area (Å²) in [5.41, 5.74) is 10.9. The predicted octanol–water partition coefficient (Wildman–Crippen LogP) is 2.52. The Morgan fingerprint density at radius 1 is 1.14 bits per heavy atom. The standard InChI is InChI=1S/C18H28N4/c1-4-22-16(3)18(15(2)20-22)14-21(13-11-19)12-10-17-8-6-5-7-9-17/h5-9H,4,10-14,19H2,1-3H3. The Hall–Kier alpha value is -1.65. The van der Waals surface area contributed by atoms with Crippen molar-refractivity contribution in [2.75, 3.05) is 19.6 Å². The van der Waals surface area contributed by atoms with E-state index in [-0.39, 0.29) is 0 Å². The van der Waals surface area contributed by atoms with Gasteiger partial charge in [0.25, 0.3) is 0 Å². The zero-order chi connectivity index (χ0) is 15.9. The lowest BCUT2D eigenvalue weighted by molar-refractivity contribution is 0.275. The summed E-state index contributed by atoms with van der Waals surface area (Å²) in [6.07, 6.45) is 1.06. The van der Waals surface area contributed by atoms with Crippen LogP contribution in [0.2, 0.25) is 0 Å². The molecular weight excluding hydrogens is 272 g/mol. The molecule has 1 aromatic heterocycles. The lowest BCUT2D eigenvalue weighted by Gasteiger charge is -2.22. The first-order valence-electron chi connectivity index (χ1n) is 8.15. The van der Waals surface area contributed by atoms with Crippen molar-refractivity contribution in [2.24, 2.45) is 5.73 Å². The van der Waals surface area contributed by atoms with Gasteiger partial charge in [0.05, 0.1) is 5.69 Å². The number of rotatable bonds is 8. The van der Waals surface area contributed by atoms with E-state index in [0.717, 1.165) is 38.3 Å². The van der Waals surface area contributed by atoms with Crippen molar-refractivity contribution in [3.8, 4) is 0 Å². The molecule has 0 radical (unpaired) electrons. The summed E-state index contributed by atoms with van der Waals surface area (Å²) >= 11 is 0. The Labute approximate surface area is 133 Å². The van der Waals surface area contributed by atoms with Gasteiger partial charge in [0.15, 0.2) is 0 Å². The highest BCUT2D eigenvalue weighted by Crippen LogP contribution is 2.16. The minimum atomic E-state index is 0.689. The second kappa shape index (κ2) is 8.11. The van der Waals surface area contributed by atoms with Crippen LogP contribution in [-0.4, -0.2) is 34.3 Å². The fourth-order valence-electron chi connectivity index (χ4n) is 2.88. The third kappa shape index (κ3) is 4.18. The average Bonchev–Trinajstić information content (AvgIpc) is 2.81.